The zero-order chi connectivity index (χ0) is 10.4. The summed E-state index contributed by atoms with van der Waals surface area (Å²) in [5.74, 6) is 2.71. The van der Waals surface area contributed by atoms with Gasteiger partial charge < -0.3 is 10.2 Å². The second-order valence-electron chi connectivity index (χ2n) is 3.79. The molecule has 0 aromatic rings. The molecule has 78 valence electrons. The lowest BCUT2D eigenvalue weighted by Gasteiger charge is -2.15. The molecule has 1 rings (SSSR count). The van der Waals surface area contributed by atoms with Gasteiger partial charge in [0.25, 0.3) is 0 Å². The van der Waals surface area contributed by atoms with Gasteiger partial charge in [-0.25, -0.2) is 0 Å². The molecule has 0 bridgehead atoms. The van der Waals surface area contributed by atoms with E-state index in [4.69, 9.17) is 6.42 Å². The van der Waals surface area contributed by atoms with Crippen LogP contribution in [0.25, 0.3) is 0 Å². The van der Waals surface area contributed by atoms with Crippen molar-refractivity contribution >= 4 is 5.91 Å². The van der Waals surface area contributed by atoms with Crippen molar-refractivity contribution in [2.45, 2.75) is 32.2 Å². The average molecular weight is 194 g/mol. The first-order valence-electron chi connectivity index (χ1n) is 5.15. The maximum Gasteiger partial charge on any atom is 0.217 e. The van der Waals surface area contributed by atoms with Crippen LogP contribution in [0.5, 0.6) is 0 Å². The summed E-state index contributed by atoms with van der Waals surface area (Å²) in [6.45, 7) is 4.68. The minimum atomic E-state index is 0.0699. The minimum Gasteiger partial charge on any atom is -0.352 e. The Kier molecular flexibility index (Phi) is 4.48. The van der Waals surface area contributed by atoms with Crippen molar-refractivity contribution in [2.24, 2.45) is 0 Å². The largest absolute Gasteiger partial charge is 0.352 e. The molecule has 1 aliphatic rings. The smallest absolute Gasteiger partial charge is 0.217 e. The van der Waals surface area contributed by atoms with E-state index in [9.17, 15) is 4.79 Å². The van der Waals surface area contributed by atoms with Crippen molar-refractivity contribution in [3.05, 3.63) is 0 Å². The molecule has 0 spiro atoms. The molecule has 1 amide bonds. The Morgan fingerprint density at radius 2 is 2.50 bits per heavy atom. The summed E-state index contributed by atoms with van der Waals surface area (Å²) in [6.07, 6.45) is 8.15. The van der Waals surface area contributed by atoms with Gasteiger partial charge in [-0.05, 0) is 19.4 Å². The number of hydrogen-bond acceptors (Lipinski definition) is 2. The Bertz CT molecular complexity index is 232. The van der Waals surface area contributed by atoms with Gasteiger partial charge in [-0.3, -0.25) is 4.79 Å². The van der Waals surface area contributed by atoms with Crippen molar-refractivity contribution in [2.75, 3.05) is 19.6 Å². The van der Waals surface area contributed by atoms with E-state index in [2.05, 4.69) is 16.1 Å². The summed E-state index contributed by atoms with van der Waals surface area (Å²) in [4.78, 5) is 13.2. The molecule has 1 unspecified atom stereocenters. The number of carbonyl (C=O) groups is 1. The van der Waals surface area contributed by atoms with Crippen LogP contribution >= 0.6 is 0 Å². The van der Waals surface area contributed by atoms with E-state index in [1.54, 1.807) is 6.92 Å². The van der Waals surface area contributed by atoms with Crippen LogP contribution in [0, 0.1) is 12.3 Å². The molecule has 1 saturated heterocycles. The molecule has 0 radical (unpaired) electrons. The number of likely N-dealkylation sites (tertiary alicyclic amines) is 1. The first kappa shape index (κ1) is 11.1. The summed E-state index contributed by atoms with van der Waals surface area (Å²) >= 11 is 0. The number of terminal acetylenes is 1. The fourth-order valence-corrected chi connectivity index (χ4v) is 1.85. The van der Waals surface area contributed by atoms with Crippen LogP contribution in [0.4, 0.5) is 0 Å². The minimum absolute atomic E-state index is 0.0699. The van der Waals surface area contributed by atoms with E-state index in [0.29, 0.717) is 6.04 Å². The maximum atomic E-state index is 10.8. The highest BCUT2D eigenvalue weighted by molar-refractivity contribution is 5.73. The number of nitrogens with zero attached hydrogens (tertiary/aromatic N) is 1. The van der Waals surface area contributed by atoms with Gasteiger partial charge in [0.2, 0.25) is 5.91 Å². The summed E-state index contributed by atoms with van der Waals surface area (Å²) in [5.41, 5.74) is 0. The molecule has 3 nitrogen and oxygen atoms in total. The summed E-state index contributed by atoms with van der Waals surface area (Å²) < 4.78 is 0. The van der Waals surface area contributed by atoms with Crippen LogP contribution in [-0.4, -0.2) is 36.5 Å². The van der Waals surface area contributed by atoms with Crippen molar-refractivity contribution in [1.82, 2.24) is 10.2 Å². The van der Waals surface area contributed by atoms with Gasteiger partial charge in [0.05, 0.1) is 0 Å². The van der Waals surface area contributed by atoms with Crippen LogP contribution in [-0.2, 0) is 4.79 Å². The lowest BCUT2D eigenvalue weighted by molar-refractivity contribution is -0.119. The van der Waals surface area contributed by atoms with Gasteiger partial charge in [-0.2, -0.15) is 0 Å². The summed E-state index contributed by atoms with van der Waals surface area (Å²) in [7, 11) is 0. The molecule has 1 fully saturated rings. The number of unbranched alkanes of at least 4 members (excludes halogenated alkanes) is 1. The zero-order valence-corrected chi connectivity index (χ0v) is 8.75. The van der Waals surface area contributed by atoms with E-state index in [-0.39, 0.29) is 5.91 Å². The molecule has 3 heteroatoms. The van der Waals surface area contributed by atoms with Crippen molar-refractivity contribution in [3.63, 3.8) is 0 Å². The Labute approximate surface area is 85.9 Å². The second-order valence-corrected chi connectivity index (χ2v) is 3.79. The van der Waals surface area contributed by atoms with Gasteiger partial charge in [-0.15, -0.1) is 12.3 Å². The number of rotatable bonds is 4. The SMILES string of the molecule is C#CCCCN1CCC(NC(C)=O)C1. The third-order valence-electron chi connectivity index (χ3n) is 2.48. The lowest BCUT2D eigenvalue weighted by Crippen LogP contribution is -2.35. The molecule has 0 aromatic heterocycles. The van der Waals surface area contributed by atoms with Gasteiger partial charge >= 0.3 is 0 Å². The predicted octanol–water partition coefficient (Wildman–Crippen LogP) is 0.610. The van der Waals surface area contributed by atoms with Gasteiger partial charge in [0, 0.05) is 32.5 Å². The monoisotopic (exact) mass is 194 g/mol. The van der Waals surface area contributed by atoms with Crippen molar-refractivity contribution in [3.8, 4) is 12.3 Å². The van der Waals surface area contributed by atoms with Gasteiger partial charge in [0.1, 0.15) is 0 Å². The molecule has 1 aliphatic heterocycles. The van der Waals surface area contributed by atoms with E-state index in [0.717, 1.165) is 38.9 Å². The summed E-state index contributed by atoms with van der Waals surface area (Å²) in [6, 6.07) is 0.346. The average Bonchev–Trinajstić information content (AvgIpc) is 2.52. The van der Waals surface area contributed by atoms with Crippen LogP contribution in [0.3, 0.4) is 0 Å². The van der Waals surface area contributed by atoms with Crippen LogP contribution in [0.15, 0.2) is 0 Å². The van der Waals surface area contributed by atoms with Crippen LogP contribution in [0.1, 0.15) is 26.2 Å². The summed E-state index contributed by atoms with van der Waals surface area (Å²) in [5, 5.41) is 2.94. The topological polar surface area (TPSA) is 32.3 Å². The molecule has 14 heavy (non-hydrogen) atoms. The fraction of sp³-hybridized carbons (Fsp3) is 0.727. The quantitative estimate of drug-likeness (QED) is 0.525. The van der Waals surface area contributed by atoms with E-state index in [1.165, 1.54) is 0 Å². The highest BCUT2D eigenvalue weighted by atomic mass is 16.1. The molecular weight excluding hydrogens is 176 g/mol. The Morgan fingerprint density at radius 3 is 3.14 bits per heavy atom. The van der Waals surface area contributed by atoms with Gasteiger partial charge in [-0.1, -0.05) is 0 Å². The second kappa shape index (κ2) is 5.66. The van der Waals surface area contributed by atoms with E-state index < -0.39 is 0 Å². The standard InChI is InChI=1S/C11H18N2O/c1-3-4-5-7-13-8-6-11(9-13)12-10(2)14/h1,11H,4-9H2,2H3,(H,12,14). The van der Waals surface area contributed by atoms with E-state index >= 15 is 0 Å². The number of hydrogen-bond donors (Lipinski definition) is 1. The van der Waals surface area contributed by atoms with E-state index in [1.807, 2.05) is 0 Å². The van der Waals surface area contributed by atoms with Crippen LogP contribution in [0.2, 0.25) is 0 Å². The fourth-order valence-electron chi connectivity index (χ4n) is 1.85. The lowest BCUT2D eigenvalue weighted by atomic mass is 10.2. The third kappa shape index (κ3) is 3.80. The van der Waals surface area contributed by atoms with Crippen LogP contribution < -0.4 is 5.32 Å². The maximum absolute atomic E-state index is 10.8. The molecular formula is C11H18N2O. The first-order chi connectivity index (χ1) is 6.72. The normalized spacial score (nSPS) is 21.9. The number of amides is 1. The Hall–Kier alpha value is -1.01. The Balaban J connectivity index is 2.14. The molecule has 0 aromatic carbocycles. The van der Waals surface area contributed by atoms with Gasteiger partial charge in [0.15, 0.2) is 0 Å². The third-order valence-corrected chi connectivity index (χ3v) is 2.48. The molecule has 0 aliphatic carbocycles. The molecule has 1 heterocycles. The highest BCUT2D eigenvalue weighted by Gasteiger charge is 2.21. The first-order valence-corrected chi connectivity index (χ1v) is 5.15. The number of carbonyl (C=O) groups excluding carboxylic acids is 1. The number of nitrogens with one attached hydrogen (secondary N) is 1. The Morgan fingerprint density at radius 1 is 1.71 bits per heavy atom. The zero-order valence-electron chi connectivity index (χ0n) is 8.75. The highest BCUT2D eigenvalue weighted by Crippen LogP contribution is 2.09. The molecule has 0 saturated carbocycles. The van der Waals surface area contributed by atoms with Crippen molar-refractivity contribution in [1.29, 1.82) is 0 Å². The molecule has 1 atom stereocenters. The predicted molar refractivity (Wildman–Crippen MR) is 56.7 cm³/mol. The van der Waals surface area contributed by atoms with Crippen molar-refractivity contribution < 1.29 is 4.79 Å². The molecule has 1 N–H and O–H groups in total.